The zero-order valence-corrected chi connectivity index (χ0v) is 18.4. The highest BCUT2D eigenvalue weighted by Crippen LogP contribution is 2.32. The number of para-hydroxylation sites is 1. The number of anilines is 1. The Balaban J connectivity index is 1.47. The topological polar surface area (TPSA) is 76.5 Å². The molecule has 0 saturated carbocycles. The monoisotopic (exact) mass is 472 g/mol. The number of carbonyl (C=O) groups excluding carboxylic acids is 2. The van der Waals surface area contributed by atoms with Gasteiger partial charge in [0.05, 0.1) is 18.4 Å². The molecule has 0 unspecified atom stereocenters. The predicted octanol–water partition coefficient (Wildman–Crippen LogP) is 5.09. The number of aromatic nitrogens is 2. The second-order valence-corrected chi connectivity index (χ2v) is 7.98. The fraction of sp³-hybridized carbons (Fsp3) is 0.292. The number of methoxy groups -OCH3 is 1. The van der Waals surface area contributed by atoms with Gasteiger partial charge in [0.2, 0.25) is 0 Å². The highest BCUT2D eigenvalue weighted by Gasteiger charge is 2.39. The SMILES string of the molecule is COC(=O)N1CCC(c2ccc(NC(=O)c3cn(-c4ccccc4)nc3C(F)(F)F)cc2)CC1. The minimum Gasteiger partial charge on any atom is -0.453 e. The lowest BCUT2D eigenvalue weighted by molar-refractivity contribution is -0.141. The van der Waals surface area contributed by atoms with E-state index >= 15 is 0 Å². The lowest BCUT2D eigenvalue weighted by Gasteiger charge is -2.31. The molecule has 1 aliphatic rings. The average molecular weight is 472 g/mol. The molecule has 10 heteroatoms. The number of alkyl halides is 3. The summed E-state index contributed by atoms with van der Waals surface area (Å²) >= 11 is 0. The molecule has 178 valence electrons. The molecule has 0 radical (unpaired) electrons. The second kappa shape index (κ2) is 9.58. The van der Waals surface area contributed by atoms with Crippen molar-refractivity contribution in [3.8, 4) is 5.69 Å². The van der Waals surface area contributed by atoms with E-state index < -0.39 is 23.3 Å². The average Bonchev–Trinajstić information content (AvgIpc) is 3.31. The Morgan fingerprint density at radius 1 is 1.03 bits per heavy atom. The summed E-state index contributed by atoms with van der Waals surface area (Å²) in [5.41, 5.74) is 0.0184. The van der Waals surface area contributed by atoms with Gasteiger partial charge in [-0.15, -0.1) is 0 Å². The normalized spacial score (nSPS) is 14.6. The van der Waals surface area contributed by atoms with Crippen LogP contribution in [-0.2, 0) is 10.9 Å². The molecular formula is C24H23F3N4O3. The van der Waals surface area contributed by atoms with Crippen LogP contribution in [0.15, 0.2) is 60.8 Å². The standard InChI is InChI=1S/C24H23F3N4O3/c1-34-23(33)30-13-11-17(12-14-30)16-7-9-18(10-8-16)28-22(32)20-15-31(19-5-3-2-4-6-19)29-21(20)24(25,26)27/h2-10,15,17H,11-14H2,1H3,(H,28,32). The fourth-order valence-corrected chi connectivity index (χ4v) is 4.02. The van der Waals surface area contributed by atoms with Gasteiger partial charge in [0, 0.05) is 25.0 Å². The third-order valence-corrected chi connectivity index (χ3v) is 5.82. The van der Waals surface area contributed by atoms with Gasteiger partial charge >= 0.3 is 12.3 Å². The Labute approximate surface area is 194 Å². The van der Waals surface area contributed by atoms with Crippen LogP contribution in [-0.4, -0.2) is 46.9 Å². The molecule has 1 aliphatic heterocycles. The maximum Gasteiger partial charge on any atom is 0.435 e. The van der Waals surface area contributed by atoms with Gasteiger partial charge in [0.15, 0.2) is 5.69 Å². The highest BCUT2D eigenvalue weighted by molar-refractivity contribution is 6.05. The lowest BCUT2D eigenvalue weighted by Crippen LogP contribution is -2.37. The lowest BCUT2D eigenvalue weighted by atomic mass is 9.89. The van der Waals surface area contributed by atoms with Gasteiger partial charge in [-0.25, -0.2) is 9.48 Å². The van der Waals surface area contributed by atoms with E-state index in [9.17, 15) is 22.8 Å². The first-order chi connectivity index (χ1) is 16.3. The van der Waals surface area contributed by atoms with E-state index in [1.54, 1.807) is 47.4 Å². The number of nitrogens with zero attached hydrogens (tertiary/aromatic N) is 3. The van der Waals surface area contributed by atoms with Gasteiger partial charge in [-0.1, -0.05) is 30.3 Å². The van der Waals surface area contributed by atoms with Crippen molar-refractivity contribution in [1.82, 2.24) is 14.7 Å². The number of likely N-dealkylation sites (tertiary alicyclic amines) is 1. The quantitative estimate of drug-likeness (QED) is 0.574. The first-order valence-electron chi connectivity index (χ1n) is 10.7. The fourth-order valence-electron chi connectivity index (χ4n) is 4.02. The van der Waals surface area contributed by atoms with Gasteiger partial charge in [0.1, 0.15) is 0 Å². The number of rotatable bonds is 4. The van der Waals surface area contributed by atoms with Crippen molar-refractivity contribution < 1.29 is 27.5 Å². The van der Waals surface area contributed by atoms with Gasteiger partial charge in [-0.3, -0.25) is 4.79 Å². The van der Waals surface area contributed by atoms with Gasteiger partial charge in [-0.2, -0.15) is 18.3 Å². The number of benzene rings is 2. The minimum absolute atomic E-state index is 0.242. The largest absolute Gasteiger partial charge is 0.453 e. The van der Waals surface area contributed by atoms with Gasteiger partial charge in [0.25, 0.3) is 5.91 Å². The summed E-state index contributed by atoms with van der Waals surface area (Å²) in [6, 6.07) is 15.3. The molecule has 3 aromatic rings. The second-order valence-electron chi connectivity index (χ2n) is 7.98. The minimum atomic E-state index is -4.78. The third-order valence-electron chi connectivity index (χ3n) is 5.82. The zero-order chi connectivity index (χ0) is 24.3. The first kappa shape index (κ1) is 23.3. The molecule has 1 N–H and O–H groups in total. The maximum absolute atomic E-state index is 13.5. The molecule has 0 atom stereocenters. The van der Waals surface area contributed by atoms with E-state index in [4.69, 9.17) is 4.74 Å². The van der Waals surface area contributed by atoms with Crippen LogP contribution in [0.25, 0.3) is 5.69 Å². The van der Waals surface area contributed by atoms with E-state index in [2.05, 4.69) is 10.4 Å². The predicted molar refractivity (Wildman–Crippen MR) is 119 cm³/mol. The molecule has 2 aromatic carbocycles. The molecule has 2 amide bonds. The molecule has 0 bridgehead atoms. The van der Waals surface area contributed by atoms with Crippen LogP contribution in [0, 0.1) is 0 Å². The van der Waals surface area contributed by atoms with Crippen molar-refractivity contribution >= 4 is 17.7 Å². The van der Waals surface area contributed by atoms with Crippen molar-refractivity contribution in [2.45, 2.75) is 24.9 Å². The number of nitrogens with one attached hydrogen (secondary N) is 1. The van der Waals surface area contributed by atoms with Crippen molar-refractivity contribution in [3.63, 3.8) is 0 Å². The van der Waals surface area contributed by atoms with Gasteiger partial charge in [-0.05, 0) is 48.6 Å². The van der Waals surface area contributed by atoms with Crippen LogP contribution >= 0.6 is 0 Å². The van der Waals surface area contributed by atoms with E-state index in [1.165, 1.54) is 7.11 Å². The number of amides is 2. The van der Waals surface area contributed by atoms with Crippen LogP contribution < -0.4 is 5.32 Å². The molecule has 0 spiro atoms. The molecule has 1 fully saturated rings. The Morgan fingerprint density at radius 2 is 1.68 bits per heavy atom. The van der Waals surface area contributed by atoms with Gasteiger partial charge < -0.3 is 15.0 Å². The van der Waals surface area contributed by atoms with Crippen LogP contribution in [0.4, 0.5) is 23.7 Å². The molecule has 0 aliphatic carbocycles. The smallest absolute Gasteiger partial charge is 0.435 e. The number of piperidine rings is 1. The van der Waals surface area contributed by atoms with Crippen LogP contribution in [0.1, 0.15) is 40.4 Å². The van der Waals surface area contributed by atoms with E-state index in [1.807, 2.05) is 12.1 Å². The Hall–Kier alpha value is -3.82. The first-order valence-corrected chi connectivity index (χ1v) is 10.7. The van der Waals surface area contributed by atoms with E-state index in [0.717, 1.165) is 29.3 Å². The van der Waals surface area contributed by atoms with Crippen LogP contribution in [0.3, 0.4) is 0 Å². The summed E-state index contributed by atoms with van der Waals surface area (Å²) < 4.78 is 46.4. The number of hydrogen-bond acceptors (Lipinski definition) is 4. The summed E-state index contributed by atoms with van der Waals surface area (Å²) in [5.74, 6) is -0.653. The summed E-state index contributed by atoms with van der Waals surface area (Å²) in [7, 11) is 1.35. The third kappa shape index (κ3) is 5.05. The Kier molecular flexibility index (Phi) is 6.58. The van der Waals surface area contributed by atoms with Crippen LogP contribution in [0.2, 0.25) is 0 Å². The zero-order valence-electron chi connectivity index (χ0n) is 18.4. The van der Waals surface area contributed by atoms with Crippen molar-refractivity contribution in [3.05, 3.63) is 77.6 Å². The maximum atomic E-state index is 13.5. The van der Waals surface area contributed by atoms with E-state index in [0.29, 0.717) is 24.5 Å². The summed E-state index contributed by atoms with van der Waals surface area (Å²) in [6.07, 6.45) is -2.50. The van der Waals surface area contributed by atoms with E-state index in [-0.39, 0.29) is 12.0 Å². The molecule has 1 saturated heterocycles. The number of hydrogen-bond donors (Lipinski definition) is 1. The summed E-state index contributed by atoms with van der Waals surface area (Å²) in [6.45, 7) is 1.17. The Morgan fingerprint density at radius 3 is 2.26 bits per heavy atom. The van der Waals surface area contributed by atoms with Crippen molar-refractivity contribution in [2.24, 2.45) is 0 Å². The molecule has 2 heterocycles. The number of carbonyl (C=O) groups is 2. The Bertz CT molecular complexity index is 1150. The highest BCUT2D eigenvalue weighted by atomic mass is 19.4. The number of halogens is 3. The molecular weight excluding hydrogens is 449 g/mol. The molecule has 4 rings (SSSR count). The summed E-state index contributed by atoms with van der Waals surface area (Å²) in [5, 5.41) is 6.14. The molecule has 34 heavy (non-hydrogen) atoms. The van der Waals surface area contributed by atoms with Crippen LogP contribution in [0.5, 0.6) is 0 Å². The number of ether oxygens (including phenoxy) is 1. The summed E-state index contributed by atoms with van der Waals surface area (Å²) in [4.78, 5) is 26.0. The van der Waals surface area contributed by atoms with Crippen molar-refractivity contribution in [1.29, 1.82) is 0 Å². The van der Waals surface area contributed by atoms with Crippen molar-refractivity contribution in [2.75, 3.05) is 25.5 Å². The molecule has 1 aromatic heterocycles. The molecule has 7 nitrogen and oxygen atoms in total.